The van der Waals surface area contributed by atoms with Gasteiger partial charge in [-0.25, -0.2) is 0 Å². The number of hydrogen-bond acceptors (Lipinski definition) is 3. The first-order valence-corrected chi connectivity index (χ1v) is 5.79. The first kappa shape index (κ1) is 11.1. The van der Waals surface area contributed by atoms with E-state index in [1.807, 2.05) is 6.92 Å². The van der Waals surface area contributed by atoms with Gasteiger partial charge in [-0.05, 0) is 18.3 Å². The standard InChI is InChI=1S/C12H20O3/c1-4-14-11-10-8(7-15-11)5-9(13)6-12(10,2)3/h8,10-11H,4-7H2,1-3H3/t8-,10+,11+/m0/s1. The molecule has 0 aromatic heterocycles. The van der Waals surface area contributed by atoms with Crippen LogP contribution in [0.3, 0.4) is 0 Å². The Hall–Kier alpha value is -0.410. The van der Waals surface area contributed by atoms with E-state index in [1.54, 1.807) is 0 Å². The summed E-state index contributed by atoms with van der Waals surface area (Å²) in [5.74, 6) is 1.13. The molecule has 1 aliphatic heterocycles. The van der Waals surface area contributed by atoms with Gasteiger partial charge >= 0.3 is 0 Å². The lowest BCUT2D eigenvalue weighted by atomic mass is 9.64. The molecule has 2 fully saturated rings. The SMILES string of the molecule is CCO[C@@H]1OC[C@@H]2CC(=O)CC(C)(C)[C@H]21. The molecule has 3 heteroatoms. The van der Waals surface area contributed by atoms with Crippen LogP contribution in [-0.4, -0.2) is 25.3 Å². The Kier molecular flexibility index (Phi) is 2.86. The van der Waals surface area contributed by atoms with Crippen LogP contribution >= 0.6 is 0 Å². The number of ether oxygens (including phenoxy) is 2. The van der Waals surface area contributed by atoms with Crippen molar-refractivity contribution in [3.63, 3.8) is 0 Å². The number of Topliss-reactive ketones (excluding diaryl/α,β-unsaturated/α-hetero) is 1. The predicted octanol–water partition coefficient (Wildman–Crippen LogP) is 2.00. The lowest BCUT2D eigenvalue weighted by Gasteiger charge is -2.40. The van der Waals surface area contributed by atoms with Crippen LogP contribution in [0.4, 0.5) is 0 Å². The Morgan fingerprint density at radius 3 is 2.93 bits per heavy atom. The Morgan fingerprint density at radius 2 is 2.27 bits per heavy atom. The van der Waals surface area contributed by atoms with Crippen LogP contribution in [0.2, 0.25) is 0 Å². The van der Waals surface area contributed by atoms with Crippen molar-refractivity contribution in [1.29, 1.82) is 0 Å². The summed E-state index contributed by atoms with van der Waals surface area (Å²) in [7, 11) is 0. The fourth-order valence-corrected chi connectivity index (χ4v) is 3.15. The number of carbonyl (C=O) groups is 1. The van der Waals surface area contributed by atoms with Gasteiger partial charge in [0.25, 0.3) is 0 Å². The van der Waals surface area contributed by atoms with Gasteiger partial charge in [-0.3, -0.25) is 4.79 Å². The normalized spacial score (nSPS) is 39.1. The van der Waals surface area contributed by atoms with Crippen LogP contribution in [-0.2, 0) is 14.3 Å². The fourth-order valence-electron chi connectivity index (χ4n) is 3.15. The van der Waals surface area contributed by atoms with E-state index in [2.05, 4.69) is 13.8 Å². The molecule has 1 saturated carbocycles. The van der Waals surface area contributed by atoms with Gasteiger partial charge in [-0.15, -0.1) is 0 Å². The topological polar surface area (TPSA) is 35.5 Å². The van der Waals surface area contributed by atoms with Gasteiger partial charge in [0, 0.05) is 25.4 Å². The summed E-state index contributed by atoms with van der Waals surface area (Å²) in [4.78, 5) is 11.6. The highest BCUT2D eigenvalue weighted by atomic mass is 16.7. The van der Waals surface area contributed by atoms with Crippen molar-refractivity contribution < 1.29 is 14.3 Å². The maximum absolute atomic E-state index is 11.6. The van der Waals surface area contributed by atoms with Gasteiger partial charge in [0.2, 0.25) is 0 Å². The van der Waals surface area contributed by atoms with Crippen molar-refractivity contribution >= 4 is 5.78 Å². The van der Waals surface area contributed by atoms with E-state index < -0.39 is 0 Å². The van der Waals surface area contributed by atoms with Gasteiger partial charge in [0.1, 0.15) is 5.78 Å². The monoisotopic (exact) mass is 212 g/mol. The first-order chi connectivity index (χ1) is 7.04. The molecule has 0 bridgehead atoms. The minimum absolute atomic E-state index is 0.0241. The zero-order valence-corrected chi connectivity index (χ0v) is 9.79. The lowest BCUT2D eigenvalue weighted by molar-refractivity contribution is -0.154. The zero-order chi connectivity index (χ0) is 11.1. The molecule has 1 heterocycles. The fraction of sp³-hybridized carbons (Fsp3) is 0.917. The highest BCUT2D eigenvalue weighted by molar-refractivity contribution is 5.80. The Labute approximate surface area is 91.1 Å². The first-order valence-electron chi connectivity index (χ1n) is 5.79. The van der Waals surface area contributed by atoms with E-state index in [-0.39, 0.29) is 11.7 Å². The average molecular weight is 212 g/mol. The second-order valence-corrected chi connectivity index (χ2v) is 5.35. The third-order valence-corrected chi connectivity index (χ3v) is 3.65. The summed E-state index contributed by atoms with van der Waals surface area (Å²) in [6.07, 6.45) is 1.25. The van der Waals surface area contributed by atoms with Crippen molar-refractivity contribution in [2.75, 3.05) is 13.2 Å². The summed E-state index contributed by atoms with van der Waals surface area (Å²) in [6.45, 7) is 7.66. The van der Waals surface area contributed by atoms with E-state index in [4.69, 9.17) is 9.47 Å². The summed E-state index contributed by atoms with van der Waals surface area (Å²) in [6, 6.07) is 0. The summed E-state index contributed by atoms with van der Waals surface area (Å²) in [5, 5.41) is 0. The molecule has 2 aliphatic rings. The van der Waals surface area contributed by atoms with Gasteiger partial charge in [-0.1, -0.05) is 13.8 Å². The van der Waals surface area contributed by atoms with Crippen molar-refractivity contribution in [2.45, 2.75) is 39.9 Å². The largest absolute Gasteiger partial charge is 0.353 e. The smallest absolute Gasteiger partial charge is 0.161 e. The molecule has 0 N–H and O–H groups in total. The molecule has 2 rings (SSSR count). The quantitative estimate of drug-likeness (QED) is 0.702. The van der Waals surface area contributed by atoms with Gasteiger partial charge in [0.05, 0.1) is 6.61 Å². The van der Waals surface area contributed by atoms with Crippen LogP contribution < -0.4 is 0 Å². The van der Waals surface area contributed by atoms with E-state index >= 15 is 0 Å². The minimum Gasteiger partial charge on any atom is -0.353 e. The van der Waals surface area contributed by atoms with Gasteiger partial charge < -0.3 is 9.47 Å². The number of rotatable bonds is 2. The summed E-state index contributed by atoms with van der Waals surface area (Å²) in [5.41, 5.74) is 0.0241. The van der Waals surface area contributed by atoms with Crippen LogP contribution in [0.15, 0.2) is 0 Å². The Bertz CT molecular complexity index is 260. The molecule has 3 atom stereocenters. The van der Waals surface area contributed by atoms with Crippen molar-refractivity contribution in [2.24, 2.45) is 17.3 Å². The van der Waals surface area contributed by atoms with Crippen LogP contribution in [0, 0.1) is 17.3 Å². The number of fused-ring (bicyclic) bond motifs is 1. The van der Waals surface area contributed by atoms with Crippen LogP contribution in [0.5, 0.6) is 0 Å². The molecule has 0 aromatic rings. The van der Waals surface area contributed by atoms with Gasteiger partial charge in [0.15, 0.2) is 6.29 Å². The molecular formula is C12H20O3. The molecule has 0 amide bonds. The lowest BCUT2D eigenvalue weighted by Crippen LogP contribution is -2.42. The number of ketones is 1. The molecule has 1 saturated heterocycles. The molecule has 3 nitrogen and oxygen atoms in total. The van der Waals surface area contributed by atoms with Crippen LogP contribution in [0.25, 0.3) is 0 Å². The predicted molar refractivity (Wildman–Crippen MR) is 56.4 cm³/mol. The zero-order valence-electron chi connectivity index (χ0n) is 9.79. The second-order valence-electron chi connectivity index (χ2n) is 5.35. The minimum atomic E-state index is -0.0944. The molecule has 0 unspecified atom stereocenters. The van der Waals surface area contributed by atoms with Gasteiger partial charge in [-0.2, -0.15) is 0 Å². The second kappa shape index (κ2) is 3.87. The van der Waals surface area contributed by atoms with E-state index in [0.717, 1.165) is 0 Å². The van der Waals surface area contributed by atoms with Crippen LogP contribution in [0.1, 0.15) is 33.6 Å². The van der Waals surface area contributed by atoms with Crippen molar-refractivity contribution in [1.82, 2.24) is 0 Å². The highest BCUT2D eigenvalue weighted by Crippen LogP contribution is 2.48. The molecule has 0 aromatic carbocycles. The Balaban J connectivity index is 2.16. The van der Waals surface area contributed by atoms with Crippen molar-refractivity contribution in [3.8, 4) is 0 Å². The number of hydrogen-bond donors (Lipinski definition) is 0. The highest BCUT2D eigenvalue weighted by Gasteiger charge is 2.51. The van der Waals surface area contributed by atoms with E-state index in [1.165, 1.54) is 0 Å². The molecule has 15 heavy (non-hydrogen) atoms. The van der Waals surface area contributed by atoms with E-state index in [9.17, 15) is 4.79 Å². The Morgan fingerprint density at radius 1 is 1.53 bits per heavy atom. The molecule has 86 valence electrons. The third kappa shape index (κ3) is 1.95. The number of carbonyl (C=O) groups excluding carboxylic acids is 1. The average Bonchev–Trinajstić information content (AvgIpc) is 2.47. The summed E-state index contributed by atoms with van der Waals surface area (Å²) < 4.78 is 11.3. The molecular weight excluding hydrogens is 192 g/mol. The maximum atomic E-state index is 11.6. The molecule has 1 aliphatic carbocycles. The molecule has 0 radical (unpaired) electrons. The third-order valence-electron chi connectivity index (χ3n) is 3.65. The van der Waals surface area contributed by atoms with Crippen molar-refractivity contribution in [3.05, 3.63) is 0 Å². The maximum Gasteiger partial charge on any atom is 0.161 e. The van der Waals surface area contributed by atoms with E-state index in [0.29, 0.717) is 43.7 Å². The summed E-state index contributed by atoms with van der Waals surface area (Å²) >= 11 is 0. The molecule has 0 spiro atoms.